The van der Waals surface area contributed by atoms with Gasteiger partial charge < -0.3 is 19.8 Å². The van der Waals surface area contributed by atoms with Crippen LogP contribution in [0.3, 0.4) is 0 Å². The highest BCUT2D eigenvalue weighted by Crippen LogP contribution is 2.43. The Morgan fingerprint density at radius 2 is 2.08 bits per heavy atom. The van der Waals surface area contributed by atoms with Crippen LogP contribution in [0.15, 0.2) is 34.4 Å². The Morgan fingerprint density at radius 1 is 1.37 bits per heavy atom. The zero-order chi connectivity index (χ0) is 28.3. The SMILES string of the molecule is C=N/C(=N\C(=C/C)c1cc(C#N)c2c(c1)[C@@](C)(CO[Si](C)(C)C(C)(C)C)CN2)Nc1cnc(C)nc1OC. The lowest BCUT2D eigenvalue weighted by Gasteiger charge is -2.39. The predicted molar refractivity (Wildman–Crippen MR) is 158 cm³/mol. The summed E-state index contributed by atoms with van der Waals surface area (Å²) in [6, 6.07) is 6.30. The molecule has 0 saturated carbocycles. The van der Waals surface area contributed by atoms with Crippen LogP contribution in [0.4, 0.5) is 11.4 Å². The quantitative estimate of drug-likeness (QED) is 0.258. The van der Waals surface area contributed by atoms with Gasteiger partial charge in [-0.15, -0.1) is 0 Å². The minimum absolute atomic E-state index is 0.108. The van der Waals surface area contributed by atoms with Crippen molar-refractivity contribution in [3.63, 3.8) is 0 Å². The Bertz CT molecular complexity index is 1320. The molecule has 1 aliphatic rings. The number of nitrogens with one attached hydrogen (secondary N) is 2. The zero-order valence-corrected chi connectivity index (χ0v) is 25.0. The van der Waals surface area contributed by atoms with Crippen LogP contribution in [-0.2, 0) is 9.84 Å². The molecule has 0 spiro atoms. The van der Waals surface area contributed by atoms with E-state index in [0.717, 1.165) is 16.8 Å². The minimum atomic E-state index is -1.95. The van der Waals surface area contributed by atoms with Gasteiger partial charge >= 0.3 is 0 Å². The zero-order valence-electron chi connectivity index (χ0n) is 24.0. The van der Waals surface area contributed by atoms with Gasteiger partial charge in [-0.1, -0.05) is 33.8 Å². The van der Waals surface area contributed by atoms with Crippen LogP contribution in [-0.4, -0.2) is 51.2 Å². The summed E-state index contributed by atoms with van der Waals surface area (Å²) in [4.78, 5) is 17.3. The number of hydrogen-bond acceptors (Lipinski definition) is 7. The van der Waals surface area contributed by atoms with Crippen molar-refractivity contribution in [1.29, 1.82) is 5.26 Å². The number of nitrogens with zero attached hydrogens (tertiary/aromatic N) is 5. The molecule has 38 heavy (non-hydrogen) atoms. The highest BCUT2D eigenvalue weighted by molar-refractivity contribution is 6.74. The van der Waals surface area contributed by atoms with E-state index in [9.17, 15) is 5.26 Å². The lowest BCUT2D eigenvalue weighted by Crippen LogP contribution is -2.45. The molecule has 0 radical (unpaired) electrons. The van der Waals surface area contributed by atoms with Crippen molar-refractivity contribution in [2.24, 2.45) is 9.98 Å². The fourth-order valence-corrected chi connectivity index (χ4v) is 5.04. The van der Waals surface area contributed by atoms with E-state index >= 15 is 0 Å². The van der Waals surface area contributed by atoms with Crippen LogP contribution in [0.2, 0.25) is 18.1 Å². The second-order valence-electron chi connectivity index (χ2n) is 11.3. The van der Waals surface area contributed by atoms with Crippen LogP contribution in [0, 0.1) is 18.3 Å². The number of ether oxygens (including phenoxy) is 1. The Morgan fingerprint density at radius 3 is 2.66 bits per heavy atom. The third kappa shape index (κ3) is 5.95. The number of aromatic nitrogens is 2. The van der Waals surface area contributed by atoms with Gasteiger partial charge in [0.2, 0.25) is 11.8 Å². The van der Waals surface area contributed by atoms with Crippen molar-refractivity contribution < 1.29 is 9.16 Å². The average Bonchev–Trinajstić information content (AvgIpc) is 3.21. The van der Waals surface area contributed by atoms with Crippen LogP contribution in [0.5, 0.6) is 5.88 Å². The molecule has 0 saturated heterocycles. The van der Waals surface area contributed by atoms with E-state index in [4.69, 9.17) is 14.2 Å². The summed E-state index contributed by atoms with van der Waals surface area (Å²) in [5.41, 5.74) is 4.15. The van der Waals surface area contributed by atoms with Gasteiger partial charge in [0.05, 0.1) is 30.3 Å². The van der Waals surface area contributed by atoms with E-state index in [-0.39, 0.29) is 16.4 Å². The maximum absolute atomic E-state index is 9.98. The minimum Gasteiger partial charge on any atom is -0.479 e. The largest absolute Gasteiger partial charge is 0.479 e. The monoisotopic (exact) mass is 533 g/mol. The number of aliphatic imine (C=N–C) groups is 2. The van der Waals surface area contributed by atoms with Crippen molar-refractivity contribution in [3.8, 4) is 11.9 Å². The third-order valence-electron chi connectivity index (χ3n) is 7.38. The smallest absolute Gasteiger partial charge is 0.240 e. The molecule has 202 valence electrons. The molecule has 2 heterocycles. The van der Waals surface area contributed by atoms with Crippen LogP contribution in [0.25, 0.3) is 5.70 Å². The fraction of sp³-hybridized carbons (Fsp3) is 0.464. The molecule has 1 atom stereocenters. The topological polar surface area (TPSA) is 117 Å². The Hall–Kier alpha value is -3.55. The molecule has 0 aliphatic carbocycles. The van der Waals surface area contributed by atoms with Gasteiger partial charge in [-0.3, -0.25) is 0 Å². The Labute approximate surface area is 227 Å². The normalized spacial score (nSPS) is 17.9. The molecule has 9 nitrogen and oxygen atoms in total. The number of anilines is 2. The first kappa shape index (κ1) is 29.0. The molecule has 0 amide bonds. The van der Waals surface area contributed by atoms with Crippen molar-refractivity contribution in [3.05, 3.63) is 46.9 Å². The molecule has 0 unspecified atom stereocenters. The molecule has 2 N–H and O–H groups in total. The summed E-state index contributed by atoms with van der Waals surface area (Å²) in [5, 5.41) is 16.6. The molecule has 0 bridgehead atoms. The van der Waals surface area contributed by atoms with Gasteiger partial charge in [0.15, 0.2) is 8.32 Å². The number of aryl methyl sites for hydroxylation is 1. The van der Waals surface area contributed by atoms with Crippen molar-refractivity contribution in [1.82, 2.24) is 9.97 Å². The van der Waals surface area contributed by atoms with Crippen LogP contribution < -0.4 is 15.4 Å². The molecule has 3 rings (SSSR count). The van der Waals surface area contributed by atoms with Gasteiger partial charge in [-0.25, -0.2) is 15.0 Å². The van der Waals surface area contributed by atoms with Crippen LogP contribution in [0.1, 0.15) is 57.1 Å². The first-order valence-electron chi connectivity index (χ1n) is 12.6. The molecule has 0 fully saturated rings. The van der Waals surface area contributed by atoms with E-state index in [1.54, 1.807) is 13.1 Å². The predicted octanol–water partition coefficient (Wildman–Crippen LogP) is 5.90. The second-order valence-corrected chi connectivity index (χ2v) is 16.1. The van der Waals surface area contributed by atoms with E-state index in [1.807, 2.05) is 19.1 Å². The van der Waals surface area contributed by atoms with Crippen LogP contribution >= 0.6 is 0 Å². The molecule has 10 heteroatoms. The van der Waals surface area contributed by atoms with Gasteiger partial charge in [0.25, 0.3) is 0 Å². The van der Waals surface area contributed by atoms with Crippen molar-refractivity contribution in [2.75, 3.05) is 30.9 Å². The van der Waals surface area contributed by atoms with E-state index in [0.29, 0.717) is 41.8 Å². The number of hydrogen-bond donors (Lipinski definition) is 2. The van der Waals surface area contributed by atoms with Gasteiger partial charge in [0, 0.05) is 24.1 Å². The van der Waals surface area contributed by atoms with Gasteiger partial charge in [-0.2, -0.15) is 10.2 Å². The van der Waals surface area contributed by atoms with Gasteiger partial charge in [-0.05, 0) is 56.4 Å². The van der Waals surface area contributed by atoms with Gasteiger partial charge in [0.1, 0.15) is 17.6 Å². The molecule has 1 aromatic heterocycles. The molecule has 1 aliphatic heterocycles. The summed E-state index contributed by atoms with van der Waals surface area (Å²) in [5.74, 6) is 1.22. The lowest BCUT2D eigenvalue weighted by atomic mass is 9.83. The Kier molecular flexibility index (Phi) is 8.44. The first-order chi connectivity index (χ1) is 17.8. The molecular weight excluding hydrogens is 494 g/mol. The molecular formula is C28H39N7O2Si. The number of guanidine groups is 1. The van der Waals surface area contributed by atoms with Crippen molar-refractivity contribution >= 4 is 38.1 Å². The number of benzene rings is 1. The average molecular weight is 534 g/mol. The first-order valence-corrected chi connectivity index (χ1v) is 15.5. The number of allylic oxidation sites excluding steroid dienone is 1. The maximum Gasteiger partial charge on any atom is 0.240 e. The summed E-state index contributed by atoms with van der Waals surface area (Å²) >= 11 is 0. The Balaban J connectivity index is 1.99. The summed E-state index contributed by atoms with van der Waals surface area (Å²) in [6.45, 7) is 22.0. The van der Waals surface area contributed by atoms with Crippen molar-refractivity contribution in [2.45, 2.75) is 65.1 Å². The number of rotatable bonds is 7. The summed E-state index contributed by atoms with van der Waals surface area (Å²) in [6.07, 6.45) is 3.49. The van der Waals surface area contributed by atoms with E-state index in [2.05, 4.69) is 85.2 Å². The summed E-state index contributed by atoms with van der Waals surface area (Å²) in [7, 11) is -0.416. The molecule has 2 aromatic rings. The fourth-order valence-electron chi connectivity index (χ4n) is 3.93. The maximum atomic E-state index is 9.98. The highest BCUT2D eigenvalue weighted by atomic mass is 28.4. The number of nitriles is 1. The number of methoxy groups -OCH3 is 1. The standard InChI is InChI=1S/C28H39N7O2Si/c1-11-22(34-26(30-7)35-23-15-31-18(2)33-25(23)36-8)19-12-20(14-29)24-21(13-19)28(6,16-32-24)17-37-38(9,10)27(3,4)5/h11-13,15,32H,7,16-17H2,1-6,8-10H3,(H,34,35)/b22-11-/t28-/m1/s1. The lowest BCUT2D eigenvalue weighted by molar-refractivity contribution is 0.220. The third-order valence-corrected chi connectivity index (χ3v) is 11.9. The summed E-state index contributed by atoms with van der Waals surface area (Å²) < 4.78 is 12.0. The molecule has 1 aromatic carbocycles. The second kappa shape index (κ2) is 11.1. The van der Waals surface area contributed by atoms with E-state index in [1.165, 1.54) is 7.11 Å². The highest BCUT2D eigenvalue weighted by Gasteiger charge is 2.42. The van der Waals surface area contributed by atoms with E-state index < -0.39 is 8.32 Å². The number of fused-ring (bicyclic) bond motifs is 1.